The molecule has 0 amide bonds. The average molecular weight is 332 g/mol. The van der Waals surface area contributed by atoms with E-state index in [9.17, 15) is 4.79 Å². The van der Waals surface area contributed by atoms with Crippen LogP contribution in [0, 0.1) is 5.41 Å². The van der Waals surface area contributed by atoms with Gasteiger partial charge in [0.15, 0.2) is 5.43 Å². The monoisotopic (exact) mass is 332 g/mol. The van der Waals surface area contributed by atoms with Gasteiger partial charge in [0.1, 0.15) is 0 Å². The van der Waals surface area contributed by atoms with Gasteiger partial charge < -0.3 is 0 Å². The maximum Gasteiger partial charge on any atom is 0.191 e. The third kappa shape index (κ3) is 2.16. The van der Waals surface area contributed by atoms with E-state index in [0.29, 0.717) is 5.41 Å². The Labute approximate surface area is 146 Å². The third-order valence-corrected chi connectivity index (χ3v) is 7.23. The van der Waals surface area contributed by atoms with Gasteiger partial charge in [-0.1, -0.05) is 42.8 Å². The maximum atomic E-state index is 12.9. The molecule has 0 saturated heterocycles. The van der Waals surface area contributed by atoms with E-state index in [0.717, 1.165) is 28.5 Å². The first-order chi connectivity index (χ1) is 11.7. The molecule has 1 spiro atoms. The molecule has 0 atom stereocenters. The topological polar surface area (TPSA) is 17.1 Å². The van der Waals surface area contributed by atoms with Crippen LogP contribution in [0.25, 0.3) is 21.2 Å². The summed E-state index contributed by atoms with van der Waals surface area (Å²) in [5.74, 6) is 0. The zero-order chi connectivity index (χ0) is 16.1. The molecule has 1 aromatic heterocycles. The molecule has 1 nitrogen and oxygen atoms in total. The van der Waals surface area contributed by atoms with Crippen LogP contribution in [0.15, 0.2) is 53.3 Å². The summed E-state index contributed by atoms with van der Waals surface area (Å²) in [6.07, 6.45) is 7.42. The molecule has 120 valence electrons. The van der Waals surface area contributed by atoms with Crippen molar-refractivity contribution in [2.24, 2.45) is 5.41 Å². The van der Waals surface area contributed by atoms with E-state index in [-0.39, 0.29) is 5.43 Å². The van der Waals surface area contributed by atoms with Crippen molar-refractivity contribution in [3.05, 3.63) is 69.2 Å². The highest BCUT2D eigenvalue weighted by Crippen LogP contribution is 2.51. The molecule has 0 aliphatic heterocycles. The van der Waals surface area contributed by atoms with Crippen LogP contribution < -0.4 is 5.43 Å². The fraction of sp³-hybridized carbons (Fsp3) is 0.318. The Balaban J connectivity index is 1.66. The summed E-state index contributed by atoms with van der Waals surface area (Å²) in [6.45, 7) is 0. The molecule has 5 rings (SSSR count). The van der Waals surface area contributed by atoms with Crippen molar-refractivity contribution in [2.45, 2.75) is 38.5 Å². The summed E-state index contributed by atoms with van der Waals surface area (Å²) >= 11 is 1.86. The van der Waals surface area contributed by atoms with Crippen molar-refractivity contribution in [3.8, 4) is 11.1 Å². The van der Waals surface area contributed by atoms with Gasteiger partial charge in [0.25, 0.3) is 0 Å². The first-order valence-corrected chi connectivity index (χ1v) is 9.70. The highest BCUT2D eigenvalue weighted by molar-refractivity contribution is 7.18. The SMILES string of the molecule is O=c1c2c(sc3cc(-c4ccccc4)ccc13)CC1(CCC1)CC2. The van der Waals surface area contributed by atoms with E-state index in [1.807, 2.05) is 23.5 Å². The van der Waals surface area contributed by atoms with Crippen molar-refractivity contribution in [1.82, 2.24) is 0 Å². The predicted molar refractivity (Wildman–Crippen MR) is 102 cm³/mol. The number of hydrogen-bond donors (Lipinski definition) is 0. The molecule has 3 aromatic rings. The minimum atomic E-state index is 0.285. The average Bonchev–Trinajstić information content (AvgIpc) is 2.60. The molecule has 1 saturated carbocycles. The molecule has 0 unspecified atom stereocenters. The van der Waals surface area contributed by atoms with Gasteiger partial charge in [-0.05, 0) is 60.8 Å². The Hall–Kier alpha value is -1.93. The Kier molecular flexibility index (Phi) is 3.18. The minimum absolute atomic E-state index is 0.285. The number of fused-ring (bicyclic) bond motifs is 2. The van der Waals surface area contributed by atoms with E-state index < -0.39 is 0 Å². The Morgan fingerprint density at radius 1 is 0.917 bits per heavy atom. The van der Waals surface area contributed by atoms with Crippen LogP contribution in [-0.4, -0.2) is 0 Å². The van der Waals surface area contributed by atoms with E-state index in [2.05, 4.69) is 36.4 Å². The van der Waals surface area contributed by atoms with Crippen molar-refractivity contribution >= 4 is 21.4 Å². The maximum absolute atomic E-state index is 12.9. The standard InChI is InChI=1S/C22H20OS/c23-21-17-8-7-16(15-5-2-1-3-6-15)13-19(17)24-20-14-22(10-4-11-22)12-9-18(20)21/h1-3,5-8,13H,4,9-12,14H2. The quantitative estimate of drug-likeness (QED) is 0.568. The summed E-state index contributed by atoms with van der Waals surface area (Å²) in [7, 11) is 0. The van der Waals surface area contributed by atoms with E-state index in [1.165, 1.54) is 41.7 Å². The van der Waals surface area contributed by atoms with Gasteiger partial charge in [0, 0.05) is 20.5 Å². The van der Waals surface area contributed by atoms with Crippen LogP contribution in [0.1, 0.15) is 36.1 Å². The molecule has 2 aliphatic carbocycles. The molecule has 0 bridgehead atoms. The van der Waals surface area contributed by atoms with Crippen LogP contribution in [0.5, 0.6) is 0 Å². The molecule has 2 aliphatic rings. The highest BCUT2D eigenvalue weighted by Gasteiger charge is 2.40. The summed E-state index contributed by atoms with van der Waals surface area (Å²) in [4.78, 5) is 14.3. The minimum Gasteiger partial charge on any atom is -0.289 e. The zero-order valence-electron chi connectivity index (χ0n) is 13.7. The van der Waals surface area contributed by atoms with Gasteiger partial charge in [0.05, 0.1) is 0 Å². The lowest BCUT2D eigenvalue weighted by Gasteiger charge is -2.45. The second-order valence-electron chi connectivity index (χ2n) is 7.44. The normalized spacial score (nSPS) is 18.3. The van der Waals surface area contributed by atoms with E-state index in [1.54, 1.807) is 0 Å². The molecule has 2 aromatic carbocycles. The van der Waals surface area contributed by atoms with Crippen molar-refractivity contribution < 1.29 is 0 Å². The van der Waals surface area contributed by atoms with Crippen molar-refractivity contribution in [2.75, 3.05) is 0 Å². The predicted octanol–water partition coefficient (Wildman–Crippen LogP) is 5.59. The van der Waals surface area contributed by atoms with Gasteiger partial charge in [0.2, 0.25) is 0 Å². The van der Waals surface area contributed by atoms with Crippen LogP contribution in [0.3, 0.4) is 0 Å². The molecule has 0 N–H and O–H groups in total. The Morgan fingerprint density at radius 2 is 1.75 bits per heavy atom. The van der Waals surface area contributed by atoms with Gasteiger partial charge in [-0.25, -0.2) is 0 Å². The van der Waals surface area contributed by atoms with Gasteiger partial charge in [-0.3, -0.25) is 4.79 Å². The largest absolute Gasteiger partial charge is 0.289 e. The third-order valence-electron chi connectivity index (χ3n) is 6.03. The molecule has 1 heterocycles. The summed E-state index contributed by atoms with van der Waals surface area (Å²) in [6, 6.07) is 16.8. The Morgan fingerprint density at radius 3 is 2.50 bits per heavy atom. The lowest BCUT2D eigenvalue weighted by molar-refractivity contribution is 0.113. The fourth-order valence-electron chi connectivity index (χ4n) is 4.41. The van der Waals surface area contributed by atoms with E-state index >= 15 is 0 Å². The Bertz CT molecular complexity index is 980. The summed E-state index contributed by atoms with van der Waals surface area (Å²) in [5.41, 5.74) is 4.34. The number of hydrogen-bond acceptors (Lipinski definition) is 2. The van der Waals surface area contributed by atoms with Crippen LogP contribution in [0.4, 0.5) is 0 Å². The first-order valence-electron chi connectivity index (χ1n) is 8.88. The number of rotatable bonds is 1. The lowest BCUT2D eigenvalue weighted by atomic mass is 9.61. The van der Waals surface area contributed by atoms with Gasteiger partial charge in [-0.15, -0.1) is 11.3 Å². The van der Waals surface area contributed by atoms with Crippen LogP contribution in [0.2, 0.25) is 0 Å². The van der Waals surface area contributed by atoms with E-state index in [4.69, 9.17) is 0 Å². The molecular formula is C22H20OS. The second kappa shape index (κ2) is 5.29. The zero-order valence-corrected chi connectivity index (χ0v) is 14.5. The molecule has 1 fully saturated rings. The first kappa shape index (κ1) is 14.4. The fourth-order valence-corrected chi connectivity index (χ4v) is 5.82. The molecular weight excluding hydrogens is 312 g/mol. The summed E-state index contributed by atoms with van der Waals surface area (Å²) < 4.78 is 1.15. The van der Waals surface area contributed by atoms with Crippen LogP contribution in [-0.2, 0) is 12.8 Å². The van der Waals surface area contributed by atoms with Crippen molar-refractivity contribution in [3.63, 3.8) is 0 Å². The molecule has 24 heavy (non-hydrogen) atoms. The van der Waals surface area contributed by atoms with Gasteiger partial charge in [-0.2, -0.15) is 0 Å². The molecule has 2 heteroatoms. The van der Waals surface area contributed by atoms with Crippen LogP contribution >= 0.6 is 11.3 Å². The van der Waals surface area contributed by atoms with Gasteiger partial charge >= 0.3 is 0 Å². The summed E-state index contributed by atoms with van der Waals surface area (Å²) in [5, 5.41) is 0.906. The number of benzene rings is 2. The smallest absolute Gasteiger partial charge is 0.191 e. The second-order valence-corrected chi connectivity index (χ2v) is 8.58. The highest BCUT2D eigenvalue weighted by atomic mass is 32.1. The molecule has 0 radical (unpaired) electrons. The van der Waals surface area contributed by atoms with Crippen molar-refractivity contribution in [1.29, 1.82) is 0 Å². The lowest BCUT2D eigenvalue weighted by Crippen LogP contribution is -2.36.